The van der Waals surface area contributed by atoms with Crippen LogP contribution in [-0.4, -0.2) is 58.6 Å². The lowest BCUT2D eigenvalue weighted by Gasteiger charge is -2.53. The highest BCUT2D eigenvalue weighted by atomic mass is 35.5. The minimum atomic E-state index is -3.86. The van der Waals surface area contributed by atoms with Crippen LogP contribution >= 0.6 is 33.8 Å². The fraction of sp³-hybridized carbons (Fsp3) is 0.414. The van der Waals surface area contributed by atoms with Gasteiger partial charge in [-0.25, -0.2) is 8.42 Å². The van der Waals surface area contributed by atoms with Gasteiger partial charge in [0.05, 0.1) is 23.8 Å². The summed E-state index contributed by atoms with van der Waals surface area (Å²) in [5, 5.41) is 1.07. The molecule has 42 heavy (non-hydrogen) atoms. The lowest BCUT2D eigenvalue weighted by atomic mass is 9.67. The molecule has 0 saturated carbocycles. The van der Waals surface area contributed by atoms with Crippen LogP contribution in [0.3, 0.4) is 0 Å². The van der Waals surface area contributed by atoms with Gasteiger partial charge in [0.1, 0.15) is 5.04 Å². The number of halogens is 2. The third-order valence-electron chi connectivity index (χ3n) is 7.70. The van der Waals surface area contributed by atoms with Crippen molar-refractivity contribution < 1.29 is 27.1 Å². The summed E-state index contributed by atoms with van der Waals surface area (Å²) in [4.78, 5) is 34.1. The van der Waals surface area contributed by atoms with Crippen LogP contribution in [0.4, 0.5) is 0 Å². The Morgan fingerprint density at radius 2 is 1.79 bits per heavy atom. The highest BCUT2D eigenvalue weighted by Crippen LogP contribution is 2.60. The molecule has 9 nitrogen and oxygen atoms in total. The summed E-state index contributed by atoms with van der Waals surface area (Å²) < 4.78 is 48.3. The normalized spacial score (nSPS) is 24.2. The summed E-state index contributed by atoms with van der Waals surface area (Å²) in [6, 6.07) is 12.8. The number of likely N-dealkylation sites (tertiary alicyclic amines) is 1. The summed E-state index contributed by atoms with van der Waals surface area (Å²) in [5.41, 5.74) is 0.186. The standard InChI is InChI=1S/C29H35Cl2N3O6S2/c1-5-24(27(32-3)42(39,40)22-13-14-22)34-26(18-9-11-20(30)12-10-18)23(19-7-6-8-21(31)15-19)16-29(2,28(34)36)17-25(35)33-41(4,37)38/h6-13,15,23-24,26,39-40H,5,14,16-17H2,1-4H3,(H,33,35)/t23-,24+,26-,29-/m1/s1. The number of aliphatic imine (C=N–C) groups is 1. The Labute approximate surface area is 258 Å². The first kappa shape index (κ1) is 32.5. The molecule has 0 bridgehead atoms. The first-order valence-electron chi connectivity index (χ1n) is 13.4. The summed E-state index contributed by atoms with van der Waals surface area (Å²) in [6.45, 7) is 3.46. The zero-order valence-electron chi connectivity index (χ0n) is 23.8. The molecular weight excluding hydrogens is 621 g/mol. The number of amides is 2. The zero-order valence-corrected chi connectivity index (χ0v) is 26.9. The Morgan fingerprint density at radius 1 is 1.14 bits per heavy atom. The summed E-state index contributed by atoms with van der Waals surface area (Å²) >= 11 is 12.6. The smallest absolute Gasteiger partial charge is 0.234 e. The second-order valence-corrected chi connectivity index (χ2v) is 15.7. The van der Waals surface area contributed by atoms with Gasteiger partial charge in [0, 0.05) is 40.8 Å². The molecule has 13 heteroatoms. The number of sulfonamides is 1. The molecule has 1 saturated heterocycles. The Hall–Kier alpha value is -2.41. The van der Waals surface area contributed by atoms with E-state index in [1.807, 2.05) is 29.8 Å². The van der Waals surface area contributed by atoms with Gasteiger partial charge in [-0.3, -0.25) is 28.4 Å². The number of hydrogen-bond acceptors (Lipinski definition) is 7. The van der Waals surface area contributed by atoms with E-state index in [1.165, 1.54) is 7.05 Å². The monoisotopic (exact) mass is 655 g/mol. The minimum absolute atomic E-state index is 0.0794. The average molecular weight is 657 g/mol. The molecule has 2 aliphatic rings. The average Bonchev–Trinajstić information content (AvgIpc) is 3.75. The molecule has 0 spiro atoms. The number of allylic oxidation sites excluding steroid dienone is 2. The maximum atomic E-state index is 14.7. The molecule has 0 aromatic heterocycles. The van der Waals surface area contributed by atoms with Gasteiger partial charge in [0.25, 0.3) is 0 Å². The third-order valence-corrected chi connectivity index (χ3v) is 10.9. The molecule has 0 radical (unpaired) electrons. The van der Waals surface area contributed by atoms with Crippen LogP contribution in [0.5, 0.6) is 0 Å². The maximum Gasteiger partial charge on any atom is 0.234 e. The van der Waals surface area contributed by atoms with Gasteiger partial charge in [-0.05, 0) is 48.2 Å². The molecule has 2 aromatic carbocycles. The molecule has 1 heterocycles. The van der Waals surface area contributed by atoms with E-state index in [4.69, 9.17) is 23.2 Å². The van der Waals surface area contributed by atoms with E-state index < -0.39 is 62.3 Å². The van der Waals surface area contributed by atoms with Crippen molar-refractivity contribution in [3.63, 3.8) is 0 Å². The molecule has 3 N–H and O–H groups in total. The van der Waals surface area contributed by atoms with Crippen LogP contribution in [0, 0.1) is 5.41 Å². The van der Waals surface area contributed by atoms with Crippen LogP contribution < -0.4 is 4.72 Å². The van der Waals surface area contributed by atoms with Gasteiger partial charge >= 0.3 is 0 Å². The number of piperidine rings is 1. The quantitative estimate of drug-likeness (QED) is 0.212. The largest absolute Gasteiger partial charge is 0.325 e. The molecule has 4 atom stereocenters. The van der Waals surface area contributed by atoms with Gasteiger partial charge in [0.15, 0.2) is 0 Å². The number of carbonyl (C=O) groups excluding carboxylic acids is 2. The van der Waals surface area contributed by atoms with E-state index in [2.05, 4.69) is 4.99 Å². The number of benzene rings is 2. The van der Waals surface area contributed by atoms with Crippen LogP contribution in [0.2, 0.25) is 10.0 Å². The van der Waals surface area contributed by atoms with Gasteiger partial charge in [-0.15, -0.1) is 10.6 Å². The van der Waals surface area contributed by atoms with Crippen molar-refractivity contribution >= 4 is 60.7 Å². The SMILES string of the molecule is CC[C@@H](C(=NC)S(O)(O)C1=CC1)N1C(=O)[C@@](C)(CC(=O)NS(C)(=O)=O)C[C@H](c2cccc(Cl)c2)[C@H]1c1ccc(Cl)cc1. The maximum absolute atomic E-state index is 14.7. The lowest BCUT2D eigenvalue weighted by molar-refractivity contribution is -0.155. The topological polar surface area (TPSA) is 136 Å². The van der Waals surface area contributed by atoms with E-state index in [0.29, 0.717) is 27.8 Å². The zero-order chi connectivity index (χ0) is 31.0. The highest BCUT2D eigenvalue weighted by molar-refractivity contribution is 8.40. The Morgan fingerprint density at radius 3 is 2.31 bits per heavy atom. The molecule has 2 amide bonds. The van der Waals surface area contributed by atoms with Crippen molar-refractivity contribution in [3.05, 3.63) is 80.7 Å². The van der Waals surface area contributed by atoms with Gasteiger partial charge in [-0.2, -0.15) is 0 Å². The van der Waals surface area contributed by atoms with Crippen molar-refractivity contribution in [1.82, 2.24) is 9.62 Å². The molecule has 1 fully saturated rings. The molecular formula is C29H35Cl2N3O6S2. The van der Waals surface area contributed by atoms with Gasteiger partial charge in [0.2, 0.25) is 21.8 Å². The second kappa shape index (κ2) is 12.3. The Balaban J connectivity index is 1.94. The molecule has 2 aromatic rings. The van der Waals surface area contributed by atoms with Crippen molar-refractivity contribution in [2.24, 2.45) is 10.4 Å². The number of rotatable bonds is 9. The fourth-order valence-electron chi connectivity index (χ4n) is 5.85. The number of nitrogens with one attached hydrogen (secondary N) is 1. The van der Waals surface area contributed by atoms with Crippen molar-refractivity contribution in [3.8, 4) is 0 Å². The van der Waals surface area contributed by atoms with Gasteiger partial charge in [-0.1, -0.05) is 67.4 Å². The number of hydrogen-bond donors (Lipinski definition) is 3. The Bertz CT molecular complexity index is 1540. The number of nitrogens with zero attached hydrogens (tertiary/aromatic N) is 2. The first-order chi connectivity index (χ1) is 19.6. The lowest BCUT2D eigenvalue weighted by Crippen LogP contribution is -2.58. The molecule has 0 unspecified atom stereocenters. The minimum Gasteiger partial charge on any atom is -0.325 e. The van der Waals surface area contributed by atoms with Crippen molar-refractivity contribution in [2.45, 2.75) is 57.5 Å². The summed E-state index contributed by atoms with van der Waals surface area (Å²) in [5.74, 6) is -1.67. The highest BCUT2D eigenvalue weighted by Gasteiger charge is 2.54. The first-order valence-corrected chi connectivity index (χ1v) is 17.6. The molecule has 4 rings (SSSR count). The van der Waals surface area contributed by atoms with Gasteiger partial charge < -0.3 is 4.90 Å². The summed E-state index contributed by atoms with van der Waals surface area (Å²) in [6.07, 6.45) is 3.11. The molecule has 1 aliphatic heterocycles. The van der Waals surface area contributed by atoms with E-state index in [9.17, 15) is 27.1 Å². The van der Waals surface area contributed by atoms with Crippen LogP contribution in [0.15, 0.2) is 64.5 Å². The van der Waals surface area contributed by atoms with E-state index >= 15 is 0 Å². The van der Waals surface area contributed by atoms with E-state index in [-0.39, 0.29) is 11.5 Å². The van der Waals surface area contributed by atoms with Crippen molar-refractivity contribution in [1.29, 1.82) is 0 Å². The van der Waals surface area contributed by atoms with Crippen LogP contribution in [-0.2, 0) is 19.6 Å². The van der Waals surface area contributed by atoms with Crippen LogP contribution in [0.25, 0.3) is 0 Å². The molecule has 1 aliphatic carbocycles. The fourth-order valence-corrected chi connectivity index (χ4v) is 8.39. The van der Waals surface area contributed by atoms with Crippen LogP contribution in [0.1, 0.15) is 62.6 Å². The predicted octanol–water partition coefficient (Wildman–Crippen LogP) is 6.37. The third kappa shape index (κ3) is 6.87. The van der Waals surface area contributed by atoms with Crippen molar-refractivity contribution in [2.75, 3.05) is 13.3 Å². The number of carbonyl (C=O) groups is 2. The van der Waals surface area contributed by atoms with E-state index in [1.54, 1.807) is 48.2 Å². The van der Waals surface area contributed by atoms with E-state index in [0.717, 1.165) is 17.4 Å². The Kier molecular flexibility index (Phi) is 9.52. The molecule has 228 valence electrons. The summed E-state index contributed by atoms with van der Waals surface area (Å²) in [7, 11) is -5.83. The second-order valence-electron chi connectivity index (χ2n) is 11.0. The predicted molar refractivity (Wildman–Crippen MR) is 169 cm³/mol.